The normalized spacial score (nSPS) is 11.1. The number of rotatable bonds is 4. The van der Waals surface area contributed by atoms with E-state index in [2.05, 4.69) is 35.5 Å². The van der Waals surface area contributed by atoms with Gasteiger partial charge in [-0.25, -0.2) is 4.98 Å². The van der Waals surface area contributed by atoms with Crippen LogP contribution in [0, 0.1) is 20.8 Å². The first kappa shape index (κ1) is 12.6. The molecule has 96 valence electrons. The summed E-state index contributed by atoms with van der Waals surface area (Å²) in [4.78, 5) is 15.1. The van der Waals surface area contributed by atoms with E-state index in [0.717, 1.165) is 16.9 Å². The van der Waals surface area contributed by atoms with Crippen LogP contribution < -0.4 is 0 Å². The van der Waals surface area contributed by atoms with Crippen molar-refractivity contribution in [3.05, 3.63) is 29.1 Å². The van der Waals surface area contributed by atoms with Crippen molar-refractivity contribution in [2.24, 2.45) is 0 Å². The van der Waals surface area contributed by atoms with Gasteiger partial charge in [-0.3, -0.25) is 4.79 Å². The van der Waals surface area contributed by atoms with E-state index in [1.165, 1.54) is 11.1 Å². The van der Waals surface area contributed by atoms with Gasteiger partial charge in [-0.1, -0.05) is 6.07 Å². The highest BCUT2D eigenvalue weighted by atomic mass is 16.4. The van der Waals surface area contributed by atoms with Gasteiger partial charge in [0, 0.05) is 13.0 Å². The molecule has 1 heterocycles. The summed E-state index contributed by atoms with van der Waals surface area (Å²) in [6.07, 6.45) is 0.832. The number of aromatic nitrogens is 2. The Labute approximate surface area is 106 Å². The largest absolute Gasteiger partial charge is 0.481 e. The minimum Gasteiger partial charge on any atom is -0.481 e. The van der Waals surface area contributed by atoms with E-state index < -0.39 is 5.97 Å². The van der Waals surface area contributed by atoms with Gasteiger partial charge in [0.2, 0.25) is 0 Å². The van der Waals surface area contributed by atoms with Crippen molar-refractivity contribution in [2.75, 3.05) is 0 Å². The van der Waals surface area contributed by atoms with Gasteiger partial charge in [-0.2, -0.15) is 0 Å². The van der Waals surface area contributed by atoms with Crippen LogP contribution in [-0.4, -0.2) is 20.6 Å². The Hall–Kier alpha value is -1.84. The molecule has 0 aliphatic heterocycles. The lowest BCUT2D eigenvalue weighted by molar-refractivity contribution is -0.137. The average Bonchev–Trinajstić information content (AvgIpc) is 2.56. The molecule has 0 amide bonds. The van der Waals surface area contributed by atoms with Gasteiger partial charge in [-0.15, -0.1) is 0 Å². The first-order chi connectivity index (χ1) is 8.49. The number of nitrogens with zero attached hydrogens (tertiary/aromatic N) is 2. The van der Waals surface area contributed by atoms with Gasteiger partial charge < -0.3 is 9.67 Å². The van der Waals surface area contributed by atoms with Gasteiger partial charge >= 0.3 is 5.97 Å². The molecule has 1 aromatic carbocycles. The van der Waals surface area contributed by atoms with Gasteiger partial charge in [0.1, 0.15) is 5.82 Å². The zero-order valence-corrected chi connectivity index (χ0v) is 11.0. The Morgan fingerprint density at radius 2 is 2.06 bits per heavy atom. The fourth-order valence-electron chi connectivity index (χ4n) is 2.36. The quantitative estimate of drug-likeness (QED) is 0.902. The van der Waals surface area contributed by atoms with Crippen molar-refractivity contribution < 1.29 is 9.90 Å². The third kappa shape index (κ3) is 2.37. The van der Waals surface area contributed by atoms with Crippen LogP contribution >= 0.6 is 0 Å². The molecule has 0 saturated carbocycles. The molecular formula is C14H18N2O2. The summed E-state index contributed by atoms with van der Waals surface area (Å²) in [6, 6.07) is 4.24. The Kier molecular flexibility index (Phi) is 3.36. The molecule has 0 aliphatic carbocycles. The van der Waals surface area contributed by atoms with Crippen LogP contribution in [0.25, 0.3) is 11.0 Å². The second kappa shape index (κ2) is 4.80. The minimum atomic E-state index is -0.746. The Morgan fingerprint density at radius 1 is 1.33 bits per heavy atom. The highest BCUT2D eigenvalue weighted by molar-refractivity contribution is 5.80. The molecular weight excluding hydrogens is 228 g/mol. The van der Waals surface area contributed by atoms with Crippen LogP contribution in [0.2, 0.25) is 0 Å². The fraction of sp³-hybridized carbons (Fsp3) is 0.429. The van der Waals surface area contributed by atoms with Crippen molar-refractivity contribution in [1.82, 2.24) is 9.55 Å². The van der Waals surface area contributed by atoms with E-state index in [1.54, 1.807) is 0 Å². The maximum atomic E-state index is 10.6. The maximum absolute atomic E-state index is 10.6. The standard InChI is InChI=1S/C14H18N2O2/c1-9-7-10(2)14-12(8-9)16(11(3)15-14)6-4-5-13(17)18/h7-8H,4-6H2,1-3H3,(H,17,18). The number of carbonyl (C=O) groups is 1. The third-order valence-electron chi connectivity index (χ3n) is 3.15. The molecule has 1 N–H and O–H groups in total. The monoisotopic (exact) mass is 246 g/mol. The van der Waals surface area contributed by atoms with Crippen LogP contribution in [0.3, 0.4) is 0 Å². The molecule has 4 heteroatoms. The van der Waals surface area contributed by atoms with E-state index >= 15 is 0 Å². The summed E-state index contributed by atoms with van der Waals surface area (Å²) >= 11 is 0. The molecule has 0 fully saturated rings. The number of hydrogen-bond acceptors (Lipinski definition) is 2. The summed E-state index contributed by atoms with van der Waals surface area (Å²) in [5.41, 5.74) is 4.51. The fourth-order valence-corrected chi connectivity index (χ4v) is 2.36. The summed E-state index contributed by atoms with van der Waals surface area (Å²) in [5, 5.41) is 8.69. The van der Waals surface area contributed by atoms with Crippen molar-refractivity contribution in [2.45, 2.75) is 40.2 Å². The van der Waals surface area contributed by atoms with Crippen LogP contribution in [0.15, 0.2) is 12.1 Å². The zero-order chi connectivity index (χ0) is 13.3. The number of carboxylic acids is 1. The molecule has 0 radical (unpaired) electrons. The van der Waals surface area contributed by atoms with Gasteiger partial charge in [-0.05, 0) is 44.4 Å². The Balaban J connectivity index is 2.37. The summed E-state index contributed by atoms with van der Waals surface area (Å²) < 4.78 is 2.11. The number of aliphatic carboxylic acids is 1. The lowest BCUT2D eigenvalue weighted by Crippen LogP contribution is -2.03. The van der Waals surface area contributed by atoms with Crippen molar-refractivity contribution >= 4 is 17.0 Å². The zero-order valence-electron chi connectivity index (χ0n) is 11.0. The van der Waals surface area contributed by atoms with Crippen LogP contribution in [0.4, 0.5) is 0 Å². The van der Waals surface area contributed by atoms with Crippen LogP contribution in [-0.2, 0) is 11.3 Å². The van der Waals surface area contributed by atoms with Gasteiger partial charge in [0.05, 0.1) is 11.0 Å². The van der Waals surface area contributed by atoms with E-state index in [4.69, 9.17) is 5.11 Å². The smallest absolute Gasteiger partial charge is 0.303 e. The molecule has 1 aromatic heterocycles. The minimum absolute atomic E-state index is 0.198. The average molecular weight is 246 g/mol. The number of carboxylic acid groups (broad SMARTS) is 1. The number of benzene rings is 1. The second-order valence-electron chi connectivity index (χ2n) is 4.76. The lowest BCUT2D eigenvalue weighted by atomic mass is 10.1. The van der Waals surface area contributed by atoms with Crippen LogP contribution in [0.5, 0.6) is 0 Å². The first-order valence-corrected chi connectivity index (χ1v) is 6.15. The third-order valence-corrected chi connectivity index (χ3v) is 3.15. The summed E-state index contributed by atoms with van der Waals surface area (Å²) in [5.74, 6) is 0.202. The lowest BCUT2D eigenvalue weighted by Gasteiger charge is -2.06. The number of fused-ring (bicyclic) bond motifs is 1. The summed E-state index contributed by atoms with van der Waals surface area (Å²) in [7, 11) is 0. The van der Waals surface area contributed by atoms with Crippen molar-refractivity contribution in [3.63, 3.8) is 0 Å². The molecule has 0 atom stereocenters. The van der Waals surface area contributed by atoms with Crippen LogP contribution in [0.1, 0.15) is 29.8 Å². The molecule has 4 nitrogen and oxygen atoms in total. The van der Waals surface area contributed by atoms with E-state index in [9.17, 15) is 4.79 Å². The molecule has 2 aromatic rings. The Morgan fingerprint density at radius 3 is 2.72 bits per heavy atom. The Bertz CT molecular complexity index is 599. The number of aryl methyl sites for hydroxylation is 4. The maximum Gasteiger partial charge on any atom is 0.303 e. The van der Waals surface area contributed by atoms with E-state index in [1.807, 2.05) is 6.92 Å². The summed E-state index contributed by atoms with van der Waals surface area (Å²) in [6.45, 7) is 6.80. The molecule has 0 bridgehead atoms. The van der Waals surface area contributed by atoms with Gasteiger partial charge in [0.15, 0.2) is 0 Å². The molecule has 0 unspecified atom stereocenters. The number of hydrogen-bond donors (Lipinski definition) is 1. The second-order valence-corrected chi connectivity index (χ2v) is 4.76. The van der Waals surface area contributed by atoms with Crippen molar-refractivity contribution in [1.29, 1.82) is 0 Å². The van der Waals surface area contributed by atoms with Gasteiger partial charge in [0.25, 0.3) is 0 Å². The molecule has 0 aliphatic rings. The predicted molar refractivity (Wildman–Crippen MR) is 70.8 cm³/mol. The molecule has 18 heavy (non-hydrogen) atoms. The molecule has 2 rings (SSSR count). The van der Waals surface area contributed by atoms with E-state index in [-0.39, 0.29) is 6.42 Å². The highest BCUT2D eigenvalue weighted by Gasteiger charge is 2.10. The topological polar surface area (TPSA) is 55.1 Å². The number of imidazole rings is 1. The highest BCUT2D eigenvalue weighted by Crippen LogP contribution is 2.22. The van der Waals surface area contributed by atoms with Crippen molar-refractivity contribution in [3.8, 4) is 0 Å². The first-order valence-electron chi connectivity index (χ1n) is 6.15. The molecule has 0 spiro atoms. The predicted octanol–water partition coefficient (Wildman–Crippen LogP) is 2.83. The van der Waals surface area contributed by atoms with E-state index in [0.29, 0.717) is 13.0 Å². The SMILES string of the molecule is Cc1cc(C)c2nc(C)n(CCCC(=O)O)c2c1. The molecule has 0 saturated heterocycles.